The molecule has 0 spiro atoms. The Balaban J connectivity index is 2.42. The molecule has 100 valence electrons. The minimum absolute atomic E-state index is 0.0254. The predicted octanol–water partition coefficient (Wildman–Crippen LogP) is 2.89. The van der Waals surface area contributed by atoms with E-state index in [4.69, 9.17) is 11.6 Å². The first-order chi connectivity index (χ1) is 8.50. The summed E-state index contributed by atoms with van der Waals surface area (Å²) in [6, 6.07) is 7.56. The van der Waals surface area contributed by atoms with Crippen molar-refractivity contribution in [3.63, 3.8) is 0 Å². The van der Waals surface area contributed by atoms with Gasteiger partial charge in [0.15, 0.2) is 0 Å². The summed E-state index contributed by atoms with van der Waals surface area (Å²) >= 11 is 5.84. The molecule has 1 rings (SSSR count). The van der Waals surface area contributed by atoms with E-state index in [1.807, 2.05) is 50.2 Å². The van der Waals surface area contributed by atoms with Crippen molar-refractivity contribution in [2.75, 3.05) is 25.5 Å². The SMILES string of the molecule is CC(Cl)CCCNC(=O)c1ccc(N(C)C)cc1. The maximum Gasteiger partial charge on any atom is 0.251 e. The average Bonchev–Trinajstić information content (AvgIpc) is 2.34. The molecule has 0 saturated heterocycles. The van der Waals surface area contributed by atoms with Gasteiger partial charge in [0.05, 0.1) is 0 Å². The van der Waals surface area contributed by atoms with Gasteiger partial charge in [0.1, 0.15) is 0 Å². The van der Waals surface area contributed by atoms with Crippen LogP contribution >= 0.6 is 11.6 Å². The molecule has 0 aliphatic heterocycles. The third kappa shape index (κ3) is 4.96. The smallest absolute Gasteiger partial charge is 0.251 e. The summed E-state index contributed by atoms with van der Waals surface area (Å²) in [5.74, 6) is -0.0254. The van der Waals surface area contributed by atoms with Gasteiger partial charge in [-0.2, -0.15) is 0 Å². The maximum absolute atomic E-state index is 11.8. The van der Waals surface area contributed by atoms with Crippen molar-refractivity contribution in [3.8, 4) is 0 Å². The molecule has 0 heterocycles. The van der Waals surface area contributed by atoms with Gasteiger partial charge in [-0.1, -0.05) is 0 Å². The monoisotopic (exact) mass is 268 g/mol. The van der Waals surface area contributed by atoms with Gasteiger partial charge in [0.2, 0.25) is 0 Å². The van der Waals surface area contributed by atoms with Crippen LogP contribution in [0.3, 0.4) is 0 Å². The summed E-state index contributed by atoms with van der Waals surface area (Å²) < 4.78 is 0. The number of halogens is 1. The number of nitrogens with one attached hydrogen (secondary N) is 1. The van der Waals surface area contributed by atoms with Gasteiger partial charge >= 0.3 is 0 Å². The average molecular weight is 269 g/mol. The van der Waals surface area contributed by atoms with Gasteiger partial charge in [0, 0.05) is 37.3 Å². The Morgan fingerprint density at radius 1 is 1.33 bits per heavy atom. The second kappa shape index (κ2) is 7.27. The third-order valence-corrected chi connectivity index (χ3v) is 2.93. The molecule has 4 heteroatoms. The Labute approximate surface area is 114 Å². The van der Waals surface area contributed by atoms with E-state index >= 15 is 0 Å². The van der Waals surface area contributed by atoms with Crippen LogP contribution in [0.25, 0.3) is 0 Å². The lowest BCUT2D eigenvalue weighted by atomic mass is 10.2. The van der Waals surface area contributed by atoms with Crippen molar-refractivity contribution in [3.05, 3.63) is 29.8 Å². The Bertz CT molecular complexity index is 374. The van der Waals surface area contributed by atoms with Gasteiger partial charge in [-0.25, -0.2) is 0 Å². The number of hydrogen-bond donors (Lipinski definition) is 1. The fraction of sp³-hybridized carbons (Fsp3) is 0.500. The quantitative estimate of drug-likeness (QED) is 0.636. The summed E-state index contributed by atoms with van der Waals surface area (Å²) in [6.45, 7) is 2.63. The van der Waals surface area contributed by atoms with E-state index < -0.39 is 0 Å². The first kappa shape index (κ1) is 14.8. The van der Waals surface area contributed by atoms with Gasteiger partial charge < -0.3 is 10.2 Å². The summed E-state index contributed by atoms with van der Waals surface area (Å²) in [6.07, 6.45) is 1.83. The second-order valence-corrected chi connectivity index (χ2v) is 5.37. The van der Waals surface area contributed by atoms with E-state index in [0.29, 0.717) is 12.1 Å². The molecular weight excluding hydrogens is 248 g/mol. The Hall–Kier alpha value is -1.22. The van der Waals surface area contributed by atoms with Crippen LogP contribution in [0.5, 0.6) is 0 Å². The Kier molecular flexibility index (Phi) is 5.99. The molecule has 0 aliphatic rings. The fourth-order valence-electron chi connectivity index (χ4n) is 1.60. The molecular formula is C14H21ClN2O. The molecule has 0 aromatic heterocycles. The summed E-state index contributed by atoms with van der Waals surface area (Å²) in [5, 5.41) is 3.06. The maximum atomic E-state index is 11.8. The largest absolute Gasteiger partial charge is 0.378 e. The highest BCUT2D eigenvalue weighted by Gasteiger charge is 2.05. The molecule has 0 radical (unpaired) electrons. The molecule has 0 saturated carbocycles. The van der Waals surface area contributed by atoms with Gasteiger partial charge in [0.25, 0.3) is 5.91 Å². The molecule has 1 atom stereocenters. The van der Waals surface area contributed by atoms with Crippen molar-refractivity contribution in [2.24, 2.45) is 0 Å². The normalized spacial score (nSPS) is 12.0. The highest BCUT2D eigenvalue weighted by Crippen LogP contribution is 2.12. The number of nitrogens with zero attached hydrogens (tertiary/aromatic N) is 1. The Morgan fingerprint density at radius 2 is 1.94 bits per heavy atom. The fourth-order valence-corrected chi connectivity index (χ4v) is 1.75. The van der Waals surface area contributed by atoms with Crippen molar-refractivity contribution < 1.29 is 4.79 Å². The summed E-state index contributed by atoms with van der Waals surface area (Å²) in [5.41, 5.74) is 1.78. The molecule has 1 aromatic rings. The zero-order valence-corrected chi connectivity index (χ0v) is 12.0. The molecule has 1 unspecified atom stereocenters. The van der Waals surface area contributed by atoms with Crippen LogP contribution in [0.15, 0.2) is 24.3 Å². The zero-order chi connectivity index (χ0) is 13.5. The van der Waals surface area contributed by atoms with Crippen LogP contribution in [0.2, 0.25) is 0 Å². The number of rotatable bonds is 6. The van der Waals surface area contributed by atoms with Crippen molar-refractivity contribution >= 4 is 23.2 Å². The molecule has 0 fully saturated rings. The van der Waals surface area contributed by atoms with E-state index in [9.17, 15) is 4.79 Å². The number of carbonyl (C=O) groups is 1. The topological polar surface area (TPSA) is 32.3 Å². The molecule has 1 amide bonds. The number of alkyl halides is 1. The van der Waals surface area contributed by atoms with E-state index in [1.165, 1.54) is 0 Å². The van der Waals surface area contributed by atoms with E-state index in [2.05, 4.69) is 5.32 Å². The third-order valence-electron chi connectivity index (χ3n) is 2.71. The minimum atomic E-state index is -0.0254. The van der Waals surface area contributed by atoms with Gasteiger partial charge in [-0.05, 0) is 44.0 Å². The molecule has 1 N–H and O–H groups in total. The van der Waals surface area contributed by atoms with E-state index in [-0.39, 0.29) is 11.3 Å². The van der Waals surface area contributed by atoms with Crippen LogP contribution in [-0.4, -0.2) is 31.9 Å². The van der Waals surface area contributed by atoms with Gasteiger partial charge in [-0.3, -0.25) is 4.79 Å². The summed E-state index contributed by atoms with van der Waals surface area (Å²) in [4.78, 5) is 13.8. The van der Waals surface area contributed by atoms with Crippen molar-refractivity contribution in [1.82, 2.24) is 5.32 Å². The number of amides is 1. The number of anilines is 1. The van der Waals surface area contributed by atoms with Crippen LogP contribution in [0.1, 0.15) is 30.1 Å². The highest BCUT2D eigenvalue weighted by atomic mass is 35.5. The molecule has 18 heavy (non-hydrogen) atoms. The number of benzene rings is 1. The van der Waals surface area contributed by atoms with Crippen molar-refractivity contribution in [2.45, 2.75) is 25.1 Å². The zero-order valence-electron chi connectivity index (χ0n) is 11.2. The Morgan fingerprint density at radius 3 is 2.44 bits per heavy atom. The standard InChI is InChI=1S/C14H21ClN2O/c1-11(15)5-4-10-16-14(18)12-6-8-13(9-7-12)17(2)3/h6-9,11H,4-5,10H2,1-3H3,(H,16,18). The predicted molar refractivity (Wildman–Crippen MR) is 77.7 cm³/mol. The van der Waals surface area contributed by atoms with Crippen molar-refractivity contribution in [1.29, 1.82) is 0 Å². The first-order valence-electron chi connectivity index (χ1n) is 6.20. The second-order valence-electron chi connectivity index (χ2n) is 4.62. The lowest BCUT2D eigenvalue weighted by Crippen LogP contribution is -2.24. The number of carbonyl (C=O) groups excluding carboxylic acids is 1. The van der Waals surface area contributed by atoms with Crippen LogP contribution in [0, 0.1) is 0 Å². The highest BCUT2D eigenvalue weighted by molar-refractivity contribution is 6.20. The van der Waals surface area contributed by atoms with Crippen LogP contribution in [-0.2, 0) is 0 Å². The molecule has 1 aromatic carbocycles. The van der Waals surface area contributed by atoms with Gasteiger partial charge in [-0.15, -0.1) is 11.6 Å². The van der Waals surface area contributed by atoms with E-state index in [0.717, 1.165) is 18.5 Å². The number of hydrogen-bond acceptors (Lipinski definition) is 2. The van der Waals surface area contributed by atoms with Crippen LogP contribution < -0.4 is 10.2 Å². The summed E-state index contributed by atoms with van der Waals surface area (Å²) in [7, 11) is 3.95. The lowest BCUT2D eigenvalue weighted by Gasteiger charge is -2.12. The molecule has 0 aliphatic carbocycles. The first-order valence-corrected chi connectivity index (χ1v) is 6.64. The minimum Gasteiger partial charge on any atom is -0.378 e. The molecule has 3 nitrogen and oxygen atoms in total. The van der Waals surface area contributed by atoms with E-state index in [1.54, 1.807) is 0 Å². The molecule has 0 bridgehead atoms. The van der Waals surface area contributed by atoms with Crippen LogP contribution in [0.4, 0.5) is 5.69 Å². The lowest BCUT2D eigenvalue weighted by molar-refractivity contribution is 0.0953.